The number of carboxylic acids is 1. The highest BCUT2D eigenvalue weighted by Crippen LogP contribution is 2.39. The Labute approximate surface area is 121 Å². The van der Waals surface area contributed by atoms with Crippen LogP contribution in [0.2, 0.25) is 0 Å². The average molecular weight is 291 g/mol. The van der Waals surface area contributed by atoms with Gasteiger partial charge in [-0.25, -0.2) is 4.79 Å². The van der Waals surface area contributed by atoms with Crippen LogP contribution >= 0.6 is 0 Å². The van der Waals surface area contributed by atoms with Crippen molar-refractivity contribution in [1.82, 2.24) is 25.4 Å². The van der Waals surface area contributed by atoms with E-state index < -0.39 is 11.5 Å². The Morgan fingerprint density at radius 2 is 2.24 bits per heavy atom. The molecule has 112 valence electrons. The lowest BCUT2D eigenvalue weighted by Gasteiger charge is -2.22. The van der Waals surface area contributed by atoms with Gasteiger partial charge in [-0.3, -0.25) is 0 Å². The molecule has 2 aromatic heterocycles. The van der Waals surface area contributed by atoms with Crippen LogP contribution in [0.15, 0.2) is 4.52 Å². The van der Waals surface area contributed by atoms with E-state index in [1.807, 2.05) is 6.92 Å². The van der Waals surface area contributed by atoms with E-state index in [1.54, 1.807) is 13.8 Å². The van der Waals surface area contributed by atoms with Gasteiger partial charge >= 0.3 is 5.97 Å². The molecule has 1 aliphatic carbocycles. The number of aryl methyl sites for hydroxylation is 2. The molecule has 1 saturated carbocycles. The second-order valence-corrected chi connectivity index (χ2v) is 5.79. The Morgan fingerprint density at radius 3 is 2.76 bits per heavy atom. The molecule has 1 aliphatic rings. The third-order valence-electron chi connectivity index (χ3n) is 4.19. The van der Waals surface area contributed by atoms with Crippen molar-refractivity contribution in [2.45, 2.75) is 45.6 Å². The summed E-state index contributed by atoms with van der Waals surface area (Å²) < 4.78 is 5.09. The van der Waals surface area contributed by atoms with Gasteiger partial charge in [-0.1, -0.05) is 12.1 Å². The normalized spacial score (nSPS) is 25.4. The first-order chi connectivity index (χ1) is 9.94. The van der Waals surface area contributed by atoms with Crippen LogP contribution in [0.5, 0.6) is 0 Å². The molecule has 0 radical (unpaired) electrons. The minimum absolute atomic E-state index is 0.328. The lowest BCUT2D eigenvalue weighted by Crippen LogP contribution is -2.41. The van der Waals surface area contributed by atoms with Gasteiger partial charge in [0.1, 0.15) is 5.76 Å². The summed E-state index contributed by atoms with van der Waals surface area (Å²) in [5.41, 5.74) is 0.243. The molecule has 0 spiro atoms. The standard InChI is InChI=1S/C13H17N5O3/c1-7-4-5-13(6-7,12(19)20)18-15-11(14-17-18)10-8(2)16-21-9(10)3/h7H,4-6H2,1-3H3,(H,19,20). The Balaban J connectivity index is 2.03. The van der Waals surface area contributed by atoms with E-state index in [0.717, 1.165) is 6.42 Å². The van der Waals surface area contributed by atoms with Gasteiger partial charge in [0.15, 0.2) is 5.54 Å². The summed E-state index contributed by atoms with van der Waals surface area (Å²) in [6.45, 7) is 5.59. The van der Waals surface area contributed by atoms with Gasteiger partial charge in [-0.05, 0) is 44.2 Å². The van der Waals surface area contributed by atoms with Crippen molar-refractivity contribution in [3.63, 3.8) is 0 Å². The Bertz CT molecular complexity index is 672. The van der Waals surface area contributed by atoms with Gasteiger partial charge in [0.25, 0.3) is 0 Å². The summed E-state index contributed by atoms with van der Waals surface area (Å²) in [6, 6.07) is 0. The number of nitrogens with zero attached hydrogens (tertiary/aromatic N) is 5. The van der Waals surface area contributed by atoms with E-state index in [-0.39, 0.29) is 0 Å². The minimum Gasteiger partial charge on any atom is -0.479 e. The molecule has 1 N–H and O–H groups in total. The number of carbonyl (C=O) groups is 1. The van der Waals surface area contributed by atoms with Crippen LogP contribution in [0.25, 0.3) is 11.4 Å². The third-order valence-corrected chi connectivity index (χ3v) is 4.19. The second-order valence-electron chi connectivity index (χ2n) is 5.79. The first-order valence-electron chi connectivity index (χ1n) is 6.91. The zero-order valence-corrected chi connectivity index (χ0v) is 12.2. The van der Waals surface area contributed by atoms with Gasteiger partial charge < -0.3 is 9.63 Å². The number of rotatable bonds is 3. The highest BCUT2D eigenvalue weighted by molar-refractivity contribution is 5.77. The van der Waals surface area contributed by atoms with Crippen molar-refractivity contribution >= 4 is 5.97 Å². The van der Waals surface area contributed by atoms with Crippen LogP contribution in [0.1, 0.15) is 37.6 Å². The van der Waals surface area contributed by atoms with E-state index in [4.69, 9.17) is 4.52 Å². The van der Waals surface area contributed by atoms with Crippen molar-refractivity contribution in [3.8, 4) is 11.4 Å². The van der Waals surface area contributed by atoms with E-state index in [9.17, 15) is 9.90 Å². The lowest BCUT2D eigenvalue weighted by atomic mass is 9.97. The molecular formula is C13H17N5O3. The molecule has 0 saturated heterocycles. The topological polar surface area (TPSA) is 107 Å². The zero-order valence-electron chi connectivity index (χ0n) is 12.2. The molecule has 21 heavy (non-hydrogen) atoms. The fraction of sp³-hybridized carbons (Fsp3) is 0.615. The number of carboxylic acid groups (broad SMARTS) is 1. The van der Waals surface area contributed by atoms with Crippen LogP contribution in [0.4, 0.5) is 0 Å². The van der Waals surface area contributed by atoms with Gasteiger partial charge in [-0.15, -0.1) is 15.0 Å². The molecule has 0 aromatic carbocycles. The van der Waals surface area contributed by atoms with Crippen LogP contribution in [0, 0.1) is 19.8 Å². The highest BCUT2D eigenvalue weighted by Gasteiger charge is 2.48. The fourth-order valence-electron chi connectivity index (χ4n) is 3.03. The molecule has 2 unspecified atom stereocenters. The predicted octanol–water partition coefficient (Wildman–Crippen LogP) is 1.54. The first-order valence-corrected chi connectivity index (χ1v) is 6.91. The third kappa shape index (κ3) is 2.01. The van der Waals surface area contributed by atoms with Gasteiger partial charge in [0, 0.05) is 0 Å². The second kappa shape index (κ2) is 4.64. The molecule has 8 nitrogen and oxygen atoms in total. The summed E-state index contributed by atoms with van der Waals surface area (Å²) in [7, 11) is 0. The molecule has 0 amide bonds. The smallest absolute Gasteiger partial charge is 0.333 e. The summed E-state index contributed by atoms with van der Waals surface area (Å²) in [5.74, 6) is 0.367. The van der Waals surface area contributed by atoms with E-state index in [2.05, 4.69) is 20.6 Å². The summed E-state index contributed by atoms with van der Waals surface area (Å²) >= 11 is 0. The minimum atomic E-state index is -1.09. The number of tetrazole rings is 1. The number of aromatic nitrogens is 5. The van der Waals surface area contributed by atoms with Crippen molar-refractivity contribution in [3.05, 3.63) is 11.5 Å². The predicted molar refractivity (Wildman–Crippen MR) is 71.4 cm³/mol. The average Bonchev–Trinajstić information content (AvgIpc) is 3.10. The number of hydrogen-bond acceptors (Lipinski definition) is 6. The van der Waals surface area contributed by atoms with E-state index >= 15 is 0 Å². The van der Waals surface area contributed by atoms with E-state index in [1.165, 1.54) is 4.80 Å². The van der Waals surface area contributed by atoms with Crippen LogP contribution < -0.4 is 0 Å². The molecule has 2 atom stereocenters. The number of hydrogen-bond donors (Lipinski definition) is 1. The largest absolute Gasteiger partial charge is 0.479 e. The molecule has 2 heterocycles. The highest BCUT2D eigenvalue weighted by atomic mass is 16.5. The Kier molecular flexibility index (Phi) is 3.03. The van der Waals surface area contributed by atoms with Gasteiger partial charge in [0.2, 0.25) is 5.82 Å². The summed E-state index contributed by atoms with van der Waals surface area (Å²) in [5, 5.41) is 25.8. The van der Waals surface area contributed by atoms with Crippen molar-refractivity contribution in [2.75, 3.05) is 0 Å². The SMILES string of the molecule is Cc1noc(C)c1-c1nnn(C2(C(=O)O)CCC(C)C2)n1. The van der Waals surface area contributed by atoms with Crippen LogP contribution in [-0.2, 0) is 10.3 Å². The van der Waals surface area contributed by atoms with Gasteiger partial charge in [0.05, 0.1) is 11.3 Å². The lowest BCUT2D eigenvalue weighted by molar-refractivity contribution is -0.148. The molecular weight excluding hydrogens is 274 g/mol. The first kappa shape index (κ1) is 13.7. The van der Waals surface area contributed by atoms with E-state index in [0.29, 0.717) is 41.6 Å². The quantitative estimate of drug-likeness (QED) is 0.913. The number of aliphatic carboxylic acids is 1. The molecule has 1 fully saturated rings. The van der Waals surface area contributed by atoms with Crippen LogP contribution in [0.3, 0.4) is 0 Å². The summed E-state index contributed by atoms with van der Waals surface area (Å²) in [6.07, 6.45) is 1.87. The Morgan fingerprint density at radius 1 is 1.48 bits per heavy atom. The molecule has 0 bridgehead atoms. The fourth-order valence-corrected chi connectivity index (χ4v) is 3.03. The van der Waals surface area contributed by atoms with Crippen LogP contribution in [-0.4, -0.2) is 36.4 Å². The molecule has 0 aliphatic heterocycles. The Hall–Kier alpha value is -2.25. The van der Waals surface area contributed by atoms with Gasteiger partial charge in [-0.2, -0.15) is 0 Å². The van der Waals surface area contributed by atoms with Crippen molar-refractivity contribution < 1.29 is 14.4 Å². The maximum absolute atomic E-state index is 11.7. The molecule has 2 aromatic rings. The maximum Gasteiger partial charge on any atom is 0.333 e. The monoisotopic (exact) mass is 291 g/mol. The van der Waals surface area contributed by atoms with Crippen molar-refractivity contribution in [2.24, 2.45) is 5.92 Å². The molecule has 3 rings (SSSR count). The molecule has 8 heteroatoms. The summed E-state index contributed by atoms with van der Waals surface area (Å²) in [4.78, 5) is 13.0. The maximum atomic E-state index is 11.7. The van der Waals surface area contributed by atoms with Crippen molar-refractivity contribution in [1.29, 1.82) is 0 Å². The zero-order chi connectivity index (χ0) is 15.2.